The predicted molar refractivity (Wildman–Crippen MR) is 98.4 cm³/mol. The molecule has 2 heterocycles. The SMILES string of the molecule is COc1cc(OC)cc(S(=O)(=O)N2CCC(N3CCNCC3)C2)c1.Cl. The van der Waals surface area contributed by atoms with E-state index in [0.717, 1.165) is 32.6 Å². The Labute approximate surface area is 155 Å². The van der Waals surface area contributed by atoms with Gasteiger partial charge in [0.1, 0.15) is 11.5 Å². The topological polar surface area (TPSA) is 71.1 Å². The molecule has 0 radical (unpaired) electrons. The third-order valence-electron chi connectivity index (χ3n) is 4.76. The average Bonchev–Trinajstić information content (AvgIpc) is 3.13. The summed E-state index contributed by atoms with van der Waals surface area (Å²) in [6, 6.07) is 5.08. The van der Waals surface area contributed by atoms with Crippen LogP contribution < -0.4 is 14.8 Å². The summed E-state index contributed by atoms with van der Waals surface area (Å²) in [4.78, 5) is 2.61. The maximum atomic E-state index is 13.0. The smallest absolute Gasteiger partial charge is 0.243 e. The second-order valence-corrected chi connectivity index (χ2v) is 8.08. The summed E-state index contributed by atoms with van der Waals surface area (Å²) >= 11 is 0. The van der Waals surface area contributed by atoms with Gasteiger partial charge in [-0.15, -0.1) is 12.4 Å². The van der Waals surface area contributed by atoms with E-state index < -0.39 is 10.0 Å². The lowest BCUT2D eigenvalue weighted by Crippen LogP contribution is -2.49. The lowest BCUT2D eigenvalue weighted by molar-refractivity contribution is 0.179. The van der Waals surface area contributed by atoms with E-state index >= 15 is 0 Å². The minimum atomic E-state index is -3.54. The summed E-state index contributed by atoms with van der Waals surface area (Å²) in [7, 11) is -0.514. The number of hydrogen-bond acceptors (Lipinski definition) is 6. The van der Waals surface area contributed by atoms with Crippen molar-refractivity contribution in [3.8, 4) is 11.5 Å². The molecule has 3 rings (SSSR count). The molecule has 2 fully saturated rings. The number of rotatable bonds is 5. The predicted octanol–water partition coefficient (Wildman–Crippen LogP) is 0.794. The van der Waals surface area contributed by atoms with Gasteiger partial charge >= 0.3 is 0 Å². The maximum absolute atomic E-state index is 13.0. The molecule has 0 spiro atoms. The van der Waals surface area contributed by atoms with Crippen molar-refractivity contribution in [1.29, 1.82) is 0 Å². The second-order valence-electron chi connectivity index (χ2n) is 6.14. The van der Waals surface area contributed by atoms with Crippen LogP contribution in [0.15, 0.2) is 23.1 Å². The van der Waals surface area contributed by atoms with Crippen LogP contribution in [0.3, 0.4) is 0 Å². The molecule has 0 bridgehead atoms. The van der Waals surface area contributed by atoms with Crippen LogP contribution in [0.4, 0.5) is 0 Å². The van der Waals surface area contributed by atoms with Gasteiger partial charge in [-0.1, -0.05) is 0 Å². The van der Waals surface area contributed by atoms with Crippen molar-refractivity contribution >= 4 is 22.4 Å². The zero-order valence-corrected chi connectivity index (χ0v) is 16.2. The molecular formula is C16H26ClN3O4S. The number of ether oxygens (including phenoxy) is 2. The van der Waals surface area contributed by atoms with Gasteiger partial charge in [-0.3, -0.25) is 4.90 Å². The van der Waals surface area contributed by atoms with Crippen LogP contribution in [0.1, 0.15) is 6.42 Å². The number of nitrogens with one attached hydrogen (secondary N) is 1. The van der Waals surface area contributed by atoms with E-state index in [4.69, 9.17) is 9.47 Å². The summed E-state index contributed by atoms with van der Waals surface area (Å²) in [5, 5.41) is 3.33. The van der Waals surface area contributed by atoms with Gasteiger partial charge in [0.15, 0.2) is 0 Å². The molecule has 0 aromatic heterocycles. The van der Waals surface area contributed by atoms with Gasteiger partial charge in [-0.05, 0) is 6.42 Å². The minimum absolute atomic E-state index is 0. The van der Waals surface area contributed by atoms with Crippen molar-refractivity contribution in [2.24, 2.45) is 0 Å². The summed E-state index contributed by atoms with van der Waals surface area (Å²) < 4.78 is 37.9. The fourth-order valence-corrected chi connectivity index (χ4v) is 4.90. The summed E-state index contributed by atoms with van der Waals surface area (Å²) in [5.41, 5.74) is 0. The average molecular weight is 392 g/mol. The number of nitrogens with zero attached hydrogens (tertiary/aromatic N) is 2. The lowest BCUT2D eigenvalue weighted by atomic mass is 10.2. The van der Waals surface area contributed by atoms with E-state index in [-0.39, 0.29) is 17.3 Å². The Morgan fingerprint density at radius 1 is 1.04 bits per heavy atom. The van der Waals surface area contributed by atoms with Gasteiger partial charge in [0.25, 0.3) is 0 Å². The number of piperazine rings is 1. The molecule has 2 aliphatic heterocycles. The number of methoxy groups -OCH3 is 2. The van der Waals surface area contributed by atoms with Gasteiger partial charge in [-0.2, -0.15) is 4.31 Å². The van der Waals surface area contributed by atoms with Crippen molar-refractivity contribution in [3.63, 3.8) is 0 Å². The molecule has 0 saturated carbocycles. The Hall–Kier alpha value is -1.06. The number of hydrogen-bond donors (Lipinski definition) is 1. The highest BCUT2D eigenvalue weighted by atomic mass is 35.5. The number of sulfonamides is 1. The van der Waals surface area contributed by atoms with Crippen molar-refractivity contribution in [1.82, 2.24) is 14.5 Å². The van der Waals surface area contributed by atoms with Gasteiger partial charge in [0.2, 0.25) is 10.0 Å². The second kappa shape index (κ2) is 8.55. The van der Waals surface area contributed by atoms with Crippen molar-refractivity contribution in [3.05, 3.63) is 18.2 Å². The molecule has 1 aromatic carbocycles. The van der Waals surface area contributed by atoms with E-state index in [0.29, 0.717) is 30.6 Å². The van der Waals surface area contributed by atoms with Crippen LogP contribution in [0.25, 0.3) is 0 Å². The van der Waals surface area contributed by atoms with Crippen molar-refractivity contribution in [2.45, 2.75) is 17.4 Å². The summed E-state index contributed by atoms with van der Waals surface area (Å²) in [5.74, 6) is 0.955. The Bertz CT molecular complexity index is 658. The Morgan fingerprint density at radius 2 is 1.64 bits per heavy atom. The van der Waals surface area contributed by atoms with Crippen LogP contribution in [0.2, 0.25) is 0 Å². The van der Waals surface area contributed by atoms with E-state index in [9.17, 15) is 8.42 Å². The molecule has 9 heteroatoms. The molecule has 25 heavy (non-hydrogen) atoms. The molecule has 2 saturated heterocycles. The number of halogens is 1. The van der Waals surface area contributed by atoms with E-state index in [1.54, 1.807) is 22.5 Å². The fourth-order valence-electron chi connectivity index (χ4n) is 3.35. The molecule has 1 unspecified atom stereocenters. The van der Waals surface area contributed by atoms with E-state index in [2.05, 4.69) is 10.2 Å². The van der Waals surface area contributed by atoms with Crippen LogP contribution in [0, 0.1) is 0 Å². The zero-order chi connectivity index (χ0) is 17.2. The minimum Gasteiger partial charge on any atom is -0.497 e. The fraction of sp³-hybridized carbons (Fsp3) is 0.625. The normalized spacial score (nSPS) is 22.4. The monoisotopic (exact) mass is 391 g/mol. The molecule has 2 aliphatic rings. The van der Waals surface area contributed by atoms with Crippen LogP contribution in [0.5, 0.6) is 11.5 Å². The van der Waals surface area contributed by atoms with E-state index in [1.165, 1.54) is 14.2 Å². The quantitative estimate of drug-likeness (QED) is 0.800. The molecule has 142 valence electrons. The third-order valence-corrected chi connectivity index (χ3v) is 6.60. The Balaban J connectivity index is 0.00000225. The summed E-state index contributed by atoms with van der Waals surface area (Å²) in [6.07, 6.45) is 0.875. The number of benzene rings is 1. The first-order chi connectivity index (χ1) is 11.5. The molecule has 0 aliphatic carbocycles. The molecule has 0 amide bonds. The lowest BCUT2D eigenvalue weighted by Gasteiger charge is -2.32. The van der Waals surface area contributed by atoms with Gasteiger partial charge in [-0.25, -0.2) is 8.42 Å². The van der Waals surface area contributed by atoms with E-state index in [1.807, 2.05) is 0 Å². The summed E-state index contributed by atoms with van der Waals surface area (Å²) in [6.45, 7) is 4.99. The maximum Gasteiger partial charge on any atom is 0.243 e. The molecule has 7 nitrogen and oxygen atoms in total. The Kier molecular flexibility index (Phi) is 6.93. The van der Waals surface area contributed by atoms with Gasteiger partial charge in [0, 0.05) is 63.5 Å². The van der Waals surface area contributed by atoms with Crippen LogP contribution >= 0.6 is 12.4 Å². The first-order valence-electron chi connectivity index (χ1n) is 8.22. The first kappa shape index (κ1) is 20.3. The highest BCUT2D eigenvalue weighted by Crippen LogP contribution is 2.29. The molecular weight excluding hydrogens is 366 g/mol. The van der Waals surface area contributed by atoms with Crippen LogP contribution in [-0.2, 0) is 10.0 Å². The van der Waals surface area contributed by atoms with Crippen LogP contribution in [-0.4, -0.2) is 77.2 Å². The van der Waals surface area contributed by atoms with Gasteiger partial charge in [0.05, 0.1) is 19.1 Å². The Morgan fingerprint density at radius 3 is 2.20 bits per heavy atom. The largest absolute Gasteiger partial charge is 0.497 e. The highest BCUT2D eigenvalue weighted by Gasteiger charge is 2.35. The first-order valence-corrected chi connectivity index (χ1v) is 9.66. The standard InChI is InChI=1S/C16H25N3O4S.ClH/c1-22-14-9-15(23-2)11-16(10-14)24(20,21)19-6-3-13(12-19)18-7-4-17-5-8-18;/h9-11,13,17H,3-8,12H2,1-2H3;1H. The van der Waals surface area contributed by atoms with Crippen molar-refractivity contribution < 1.29 is 17.9 Å². The van der Waals surface area contributed by atoms with Gasteiger partial charge < -0.3 is 14.8 Å². The van der Waals surface area contributed by atoms with Crippen molar-refractivity contribution in [2.75, 3.05) is 53.5 Å². The molecule has 1 N–H and O–H groups in total. The highest BCUT2D eigenvalue weighted by molar-refractivity contribution is 7.89. The molecule has 1 atom stereocenters. The third kappa shape index (κ3) is 4.38. The zero-order valence-electron chi connectivity index (χ0n) is 14.6. The molecule has 1 aromatic rings.